The van der Waals surface area contributed by atoms with Gasteiger partial charge in [0.25, 0.3) is 5.56 Å². The first-order valence-corrected chi connectivity index (χ1v) is 2.21. The zero-order chi connectivity index (χ0) is 6.85. The molecule has 9 heavy (non-hydrogen) atoms. The van der Waals surface area contributed by atoms with Crippen molar-refractivity contribution < 1.29 is 5.11 Å². The lowest BCUT2D eigenvalue weighted by Gasteiger charge is -1.83. The first kappa shape index (κ1) is 5.61. The average Bonchev–Trinajstić information content (AvgIpc) is 1.80. The summed E-state index contributed by atoms with van der Waals surface area (Å²) in [5, 5.41) is 8.53. The van der Waals surface area contributed by atoms with E-state index in [9.17, 15) is 9.59 Å². The van der Waals surface area contributed by atoms with E-state index in [0.29, 0.717) is 0 Å². The van der Waals surface area contributed by atoms with Gasteiger partial charge in [-0.2, -0.15) is 0 Å². The molecule has 1 heterocycles. The summed E-state index contributed by atoms with van der Waals surface area (Å²) in [5.41, 5.74) is -1.41. The Morgan fingerprint density at radius 2 is 2.11 bits per heavy atom. The number of hydrogen-bond donors (Lipinski definition) is 3. The molecule has 0 amide bonds. The van der Waals surface area contributed by atoms with Gasteiger partial charge in [0.2, 0.25) is 0 Å². The third-order valence-electron chi connectivity index (χ3n) is 0.800. The van der Waals surface area contributed by atoms with E-state index in [-0.39, 0.29) is 0 Å². The van der Waals surface area contributed by atoms with Crippen LogP contribution in [-0.4, -0.2) is 15.1 Å². The lowest BCUT2D eigenvalue weighted by molar-refractivity contribution is 0.462. The predicted molar refractivity (Wildman–Crippen MR) is 29.3 cm³/mol. The van der Waals surface area contributed by atoms with Crippen molar-refractivity contribution in [1.29, 1.82) is 0 Å². The molecule has 0 aliphatic rings. The van der Waals surface area contributed by atoms with Gasteiger partial charge in [-0.1, -0.05) is 0 Å². The van der Waals surface area contributed by atoms with Crippen LogP contribution in [0.4, 0.5) is 0 Å². The topological polar surface area (TPSA) is 85.9 Å². The standard InChI is InChI=1S/C4H4N2O3/c7-2-1-5-4(9)6-3(2)8/h1,7H,(H2,5,6,8,9). The van der Waals surface area contributed by atoms with Gasteiger partial charge in [-0.05, 0) is 0 Å². The van der Waals surface area contributed by atoms with Crippen molar-refractivity contribution in [2.75, 3.05) is 0 Å². The van der Waals surface area contributed by atoms with Gasteiger partial charge >= 0.3 is 5.69 Å². The van der Waals surface area contributed by atoms with E-state index >= 15 is 0 Å². The SMILES string of the molecule is O=c1[nH]cc(O)c(=O)[nH]1. The predicted octanol–water partition coefficient (Wildman–Crippen LogP) is -1.23. The largest absolute Gasteiger partial charge is 0.502 e. The Labute approximate surface area is 49.0 Å². The van der Waals surface area contributed by atoms with Crippen molar-refractivity contribution in [3.8, 4) is 5.75 Å². The van der Waals surface area contributed by atoms with Crippen LogP contribution in [-0.2, 0) is 0 Å². The molecule has 0 fully saturated rings. The highest BCUT2D eigenvalue weighted by Gasteiger charge is 1.91. The summed E-state index contributed by atoms with van der Waals surface area (Å²) in [6, 6.07) is 0. The minimum atomic E-state index is -0.779. The Morgan fingerprint density at radius 3 is 2.56 bits per heavy atom. The van der Waals surface area contributed by atoms with E-state index in [2.05, 4.69) is 4.98 Å². The summed E-state index contributed by atoms with van der Waals surface area (Å²) in [6.45, 7) is 0. The number of nitrogens with one attached hydrogen (secondary N) is 2. The van der Waals surface area contributed by atoms with Gasteiger partial charge in [-0.3, -0.25) is 9.78 Å². The number of aromatic nitrogens is 2. The van der Waals surface area contributed by atoms with Crippen molar-refractivity contribution in [3.05, 3.63) is 27.0 Å². The second kappa shape index (κ2) is 1.77. The molecule has 0 unspecified atom stereocenters. The van der Waals surface area contributed by atoms with Crippen molar-refractivity contribution in [2.24, 2.45) is 0 Å². The highest BCUT2D eigenvalue weighted by Crippen LogP contribution is 1.86. The number of aromatic amines is 2. The summed E-state index contributed by atoms with van der Waals surface area (Å²) in [6.07, 6.45) is 0.932. The Hall–Kier alpha value is -1.52. The Kier molecular flexibility index (Phi) is 1.11. The molecule has 0 saturated heterocycles. The van der Waals surface area contributed by atoms with Crippen LogP contribution in [0.25, 0.3) is 0 Å². The third-order valence-corrected chi connectivity index (χ3v) is 0.800. The molecule has 0 atom stereocenters. The van der Waals surface area contributed by atoms with Crippen molar-refractivity contribution in [1.82, 2.24) is 9.97 Å². The molecule has 0 aromatic carbocycles. The molecule has 1 aromatic heterocycles. The van der Waals surface area contributed by atoms with Crippen LogP contribution in [0.5, 0.6) is 5.75 Å². The van der Waals surface area contributed by atoms with Crippen LogP contribution in [0.15, 0.2) is 15.8 Å². The lowest BCUT2D eigenvalue weighted by Crippen LogP contribution is -2.20. The fraction of sp³-hybridized carbons (Fsp3) is 0. The highest BCUT2D eigenvalue weighted by molar-refractivity contribution is 5.07. The summed E-state index contributed by atoms with van der Waals surface area (Å²) in [4.78, 5) is 24.4. The Bertz CT molecular complexity index is 310. The van der Waals surface area contributed by atoms with Gasteiger partial charge in [0.15, 0.2) is 5.75 Å². The van der Waals surface area contributed by atoms with Gasteiger partial charge in [-0.25, -0.2) is 4.79 Å². The number of rotatable bonds is 0. The number of aromatic hydroxyl groups is 1. The van der Waals surface area contributed by atoms with Gasteiger partial charge in [0.05, 0.1) is 6.20 Å². The first-order valence-electron chi connectivity index (χ1n) is 2.21. The quantitative estimate of drug-likeness (QED) is 0.409. The van der Waals surface area contributed by atoms with Gasteiger partial charge in [0.1, 0.15) is 0 Å². The smallest absolute Gasteiger partial charge is 0.325 e. The average molecular weight is 128 g/mol. The molecule has 0 spiro atoms. The molecule has 0 bridgehead atoms. The molecule has 5 heteroatoms. The minimum Gasteiger partial charge on any atom is -0.502 e. The van der Waals surface area contributed by atoms with E-state index in [1.54, 1.807) is 0 Å². The van der Waals surface area contributed by atoms with Crippen LogP contribution in [0, 0.1) is 0 Å². The van der Waals surface area contributed by atoms with E-state index in [1.165, 1.54) is 0 Å². The van der Waals surface area contributed by atoms with E-state index in [0.717, 1.165) is 6.20 Å². The van der Waals surface area contributed by atoms with E-state index < -0.39 is 17.0 Å². The molecule has 1 aromatic rings. The fourth-order valence-electron chi connectivity index (χ4n) is 0.403. The zero-order valence-corrected chi connectivity index (χ0v) is 4.34. The molecule has 0 radical (unpaired) electrons. The molecule has 0 saturated carbocycles. The Balaban J connectivity index is 3.52. The normalized spacial score (nSPS) is 9.33. The highest BCUT2D eigenvalue weighted by atomic mass is 16.3. The first-order chi connectivity index (χ1) is 4.20. The monoisotopic (exact) mass is 128 g/mol. The minimum absolute atomic E-state index is 0.491. The van der Waals surface area contributed by atoms with Gasteiger partial charge < -0.3 is 10.1 Å². The van der Waals surface area contributed by atoms with Crippen LogP contribution < -0.4 is 11.2 Å². The molecular weight excluding hydrogens is 124 g/mol. The van der Waals surface area contributed by atoms with Crippen LogP contribution >= 0.6 is 0 Å². The number of hydrogen-bond acceptors (Lipinski definition) is 3. The summed E-state index contributed by atoms with van der Waals surface area (Å²) in [5.74, 6) is -0.491. The van der Waals surface area contributed by atoms with Crippen LogP contribution in [0.1, 0.15) is 0 Å². The maximum absolute atomic E-state index is 10.3. The second-order valence-corrected chi connectivity index (χ2v) is 1.46. The lowest BCUT2D eigenvalue weighted by atomic mass is 10.6. The maximum Gasteiger partial charge on any atom is 0.325 e. The third kappa shape index (κ3) is 0.987. The van der Waals surface area contributed by atoms with Crippen LogP contribution in [0.3, 0.4) is 0 Å². The molecule has 3 N–H and O–H groups in total. The summed E-state index contributed by atoms with van der Waals surface area (Å²) < 4.78 is 0. The molecule has 5 nitrogen and oxygen atoms in total. The molecular formula is C4H4N2O3. The number of H-pyrrole nitrogens is 2. The summed E-state index contributed by atoms with van der Waals surface area (Å²) in [7, 11) is 0. The molecule has 48 valence electrons. The van der Waals surface area contributed by atoms with E-state index in [4.69, 9.17) is 5.11 Å². The molecule has 0 aliphatic heterocycles. The van der Waals surface area contributed by atoms with Crippen molar-refractivity contribution >= 4 is 0 Å². The van der Waals surface area contributed by atoms with E-state index in [1.807, 2.05) is 4.98 Å². The maximum atomic E-state index is 10.3. The van der Waals surface area contributed by atoms with Gasteiger partial charge in [0, 0.05) is 0 Å². The van der Waals surface area contributed by atoms with Crippen LogP contribution in [0.2, 0.25) is 0 Å². The second-order valence-electron chi connectivity index (χ2n) is 1.46. The fourth-order valence-corrected chi connectivity index (χ4v) is 0.403. The van der Waals surface area contributed by atoms with Gasteiger partial charge in [-0.15, -0.1) is 0 Å². The Morgan fingerprint density at radius 1 is 1.44 bits per heavy atom. The molecule has 0 aliphatic carbocycles. The van der Waals surface area contributed by atoms with Crippen molar-refractivity contribution in [2.45, 2.75) is 0 Å². The molecule has 1 rings (SSSR count). The summed E-state index contributed by atoms with van der Waals surface area (Å²) >= 11 is 0. The zero-order valence-electron chi connectivity index (χ0n) is 4.34. The van der Waals surface area contributed by atoms with Crippen molar-refractivity contribution in [3.63, 3.8) is 0 Å².